The van der Waals surface area contributed by atoms with Crippen molar-refractivity contribution in [3.63, 3.8) is 0 Å². The predicted octanol–water partition coefficient (Wildman–Crippen LogP) is 4.15. The van der Waals surface area contributed by atoms with Crippen LogP contribution < -0.4 is 4.74 Å². The van der Waals surface area contributed by atoms with Gasteiger partial charge in [-0.2, -0.15) is 0 Å². The molecule has 1 saturated carbocycles. The van der Waals surface area contributed by atoms with Gasteiger partial charge < -0.3 is 4.74 Å². The van der Waals surface area contributed by atoms with E-state index in [2.05, 4.69) is 13.0 Å². The fourth-order valence-electron chi connectivity index (χ4n) is 3.64. The molecule has 3 nitrogen and oxygen atoms in total. The van der Waals surface area contributed by atoms with Crippen LogP contribution >= 0.6 is 24.0 Å². The second-order valence-corrected chi connectivity index (χ2v) is 8.17. The van der Waals surface area contributed by atoms with Gasteiger partial charge in [-0.05, 0) is 49.1 Å². The number of nitrogens with zero attached hydrogens (tertiary/aromatic N) is 1. The average Bonchev–Trinajstić information content (AvgIpc) is 3.19. The van der Waals surface area contributed by atoms with Crippen molar-refractivity contribution >= 4 is 40.3 Å². The molecule has 0 spiro atoms. The second-order valence-electron chi connectivity index (χ2n) is 6.49. The molecule has 0 radical (unpaired) electrons. The summed E-state index contributed by atoms with van der Waals surface area (Å²) < 4.78 is 6.45. The Morgan fingerprint density at radius 3 is 2.91 bits per heavy atom. The normalized spacial score (nSPS) is 26.2. The maximum Gasteiger partial charge on any atom is 0.266 e. The molecule has 1 saturated heterocycles. The summed E-state index contributed by atoms with van der Waals surface area (Å²) >= 11 is 6.88. The number of ether oxygens (including phenoxy) is 1. The number of carbonyl (C=O) groups is 1. The van der Waals surface area contributed by atoms with Gasteiger partial charge in [-0.1, -0.05) is 42.9 Å². The highest BCUT2D eigenvalue weighted by Gasteiger charge is 2.38. The Bertz CT molecular complexity index is 707. The smallest absolute Gasteiger partial charge is 0.266 e. The number of hydrogen-bond donors (Lipinski definition) is 0. The first-order chi connectivity index (χ1) is 11.1. The summed E-state index contributed by atoms with van der Waals surface area (Å²) in [5, 5.41) is 0. The standard InChI is InChI=1S/C18H19NO2S2/c1-11-8-13-9-12(6-7-15(13)21-11)10-16-17(20)19(18(22)23-16)14-4-2-3-5-14/h6-7,9-11,14H,2-5,8H2,1H3/b16-10+. The molecule has 1 amide bonds. The van der Waals surface area contributed by atoms with Crippen molar-refractivity contribution in [1.29, 1.82) is 0 Å². The molecule has 3 aliphatic rings. The van der Waals surface area contributed by atoms with E-state index in [0.29, 0.717) is 10.4 Å². The number of benzene rings is 1. The first kappa shape index (κ1) is 15.2. The largest absolute Gasteiger partial charge is 0.490 e. The zero-order chi connectivity index (χ0) is 16.0. The topological polar surface area (TPSA) is 29.5 Å². The SMILES string of the molecule is CC1Cc2cc(/C=C3/SC(=S)N(C4CCCC4)C3=O)ccc2O1. The Labute approximate surface area is 146 Å². The van der Waals surface area contributed by atoms with Crippen LogP contribution in [0.25, 0.3) is 6.08 Å². The molecule has 4 rings (SSSR count). The highest BCUT2D eigenvalue weighted by molar-refractivity contribution is 8.26. The van der Waals surface area contributed by atoms with Gasteiger partial charge in [0.05, 0.1) is 4.91 Å². The number of thiocarbonyl (C=S) groups is 1. The van der Waals surface area contributed by atoms with Crippen LogP contribution in [0.1, 0.15) is 43.7 Å². The van der Waals surface area contributed by atoms with Crippen molar-refractivity contribution in [2.24, 2.45) is 0 Å². The minimum Gasteiger partial charge on any atom is -0.490 e. The Morgan fingerprint density at radius 2 is 2.13 bits per heavy atom. The summed E-state index contributed by atoms with van der Waals surface area (Å²) in [6.07, 6.45) is 7.69. The van der Waals surface area contributed by atoms with Crippen LogP contribution in [-0.4, -0.2) is 27.3 Å². The van der Waals surface area contributed by atoms with Gasteiger partial charge in [0.2, 0.25) is 0 Å². The molecule has 2 aliphatic heterocycles. The van der Waals surface area contributed by atoms with Crippen molar-refractivity contribution in [3.05, 3.63) is 34.2 Å². The van der Waals surface area contributed by atoms with E-state index < -0.39 is 0 Å². The molecule has 5 heteroatoms. The zero-order valence-electron chi connectivity index (χ0n) is 13.1. The molecule has 120 valence electrons. The van der Waals surface area contributed by atoms with E-state index in [9.17, 15) is 4.79 Å². The number of amides is 1. The monoisotopic (exact) mass is 345 g/mol. The van der Waals surface area contributed by atoms with Crippen LogP contribution in [0.2, 0.25) is 0 Å². The highest BCUT2D eigenvalue weighted by Crippen LogP contribution is 2.38. The summed E-state index contributed by atoms with van der Waals surface area (Å²) in [4.78, 5) is 15.3. The quantitative estimate of drug-likeness (QED) is 0.595. The van der Waals surface area contributed by atoms with E-state index >= 15 is 0 Å². The van der Waals surface area contributed by atoms with Gasteiger partial charge >= 0.3 is 0 Å². The molecular formula is C18H19NO2S2. The maximum atomic E-state index is 12.7. The summed E-state index contributed by atoms with van der Waals surface area (Å²) in [5.74, 6) is 1.05. The first-order valence-electron chi connectivity index (χ1n) is 8.18. The van der Waals surface area contributed by atoms with Crippen LogP contribution in [0.15, 0.2) is 23.1 Å². The summed E-state index contributed by atoms with van der Waals surface area (Å²) in [6, 6.07) is 6.45. The summed E-state index contributed by atoms with van der Waals surface area (Å²) in [5.41, 5.74) is 2.27. The maximum absolute atomic E-state index is 12.7. The van der Waals surface area contributed by atoms with Gasteiger partial charge in [-0.15, -0.1) is 0 Å². The first-order valence-corrected chi connectivity index (χ1v) is 9.41. The molecule has 0 N–H and O–H groups in total. The molecule has 0 aromatic heterocycles. The summed E-state index contributed by atoms with van der Waals surface area (Å²) in [7, 11) is 0. The number of rotatable bonds is 2. The molecular weight excluding hydrogens is 326 g/mol. The molecule has 2 fully saturated rings. The lowest BCUT2D eigenvalue weighted by Crippen LogP contribution is -2.36. The van der Waals surface area contributed by atoms with Crippen LogP contribution in [0.3, 0.4) is 0 Å². The molecule has 2 heterocycles. The van der Waals surface area contributed by atoms with Gasteiger partial charge in [0, 0.05) is 12.5 Å². The van der Waals surface area contributed by atoms with Crippen LogP contribution in [-0.2, 0) is 11.2 Å². The van der Waals surface area contributed by atoms with Crippen LogP contribution in [0.5, 0.6) is 5.75 Å². The fourth-order valence-corrected chi connectivity index (χ4v) is 5.04. The lowest BCUT2D eigenvalue weighted by molar-refractivity contribution is -0.123. The molecule has 0 bridgehead atoms. The third-order valence-corrected chi connectivity index (χ3v) is 6.06. The van der Waals surface area contributed by atoms with Crippen molar-refractivity contribution < 1.29 is 9.53 Å². The van der Waals surface area contributed by atoms with E-state index in [0.717, 1.165) is 35.5 Å². The van der Waals surface area contributed by atoms with Gasteiger partial charge in [0.1, 0.15) is 16.2 Å². The summed E-state index contributed by atoms with van der Waals surface area (Å²) in [6.45, 7) is 2.08. The lowest BCUT2D eigenvalue weighted by atomic mass is 10.1. The predicted molar refractivity (Wildman–Crippen MR) is 97.5 cm³/mol. The van der Waals surface area contributed by atoms with E-state index in [4.69, 9.17) is 17.0 Å². The number of fused-ring (bicyclic) bond motifs is 1. The molecule has 1 aliphatic carbocycles. The number of thioether (sulfide) groups is 1. The molecule has 1 aromatic rings. The lowest BCUT2D eigenvalue weighted by Gasteiger charge is -2.21. The molecule has 23 heavy (non-hydrogen) atoms. The molecule has 1 aromatic carbocycles. The Hall–Kier alpha value is -1.33. The zero-order valence-corrected chi connectivity index (χ0v) is 14.7. The third-order valence-electron chi connectivity index (χ3n) is 4.73. The molecule has 1 atom stereocenters. The Balaban J connectivity index is 1.58. The third kappa shape index (κ3) is 2.81. The fraction of sp³-hybridized carbons (Fsp3) is 0.444. The van der Waals surface area contributed by atoms with Gasteiger partial charge in [0.15, 0.2) is 0 Å². The minimum atomic E-state index is 0.0806. The van der Waals surface area contributed by atoms with E-state index in [1.54, 1.807) is 0 Å². The highest BCUT2D eigenvalue weighted by atomic mass is 32.2. The van der Waals surface area contributed by atoms with E-state index in [1.165, 1.54) is 30.2 Å². The van der Waals surface area contributed by atoms with Crippen LogP contribution in [0, 0.1) is 0 Å². The number of hydrogen-bond acceptors (Lipinski definition) is 4. The van der Waals surface area contributed by atoms with Crippen molar-refractivity contribution in [2.45, 2.75) is 51.2 Å². The Kier molecular flexibility index (Phi) is 3.93. The number of carbonyl (C=O) groups excluding carboxylic acids is 1. The minimum absolute atomic E-state index is 0.0806. The average molecular weight is 345 g/mol. The van der Waals surface area contributed by atoms with E-state index in [-0.39, 0.29) is 12.0 Å². The van der Waals surface area contributed by atoms with Crippen molar-refractivity contribution in [1.82, 2.24) is 4.90 Å². The van der Waals surface area contributed by atoms with E-state index in [1.807, 2.05) is 23.1 Å². The van der Waals surface area contributed by atoms with Crippen molar-refractivity contribution in [3.8, 4) is 5.75 Å². The van der Waals surface area contributed by atoms with Crippen LogP contribution in [0.4, 0.5) is 0 Å². The molecule has 1 unspecified atom stereocenters. The van der Waals surface area contributed by atoms with Gasteiger partial charge in [0.25, 0.3) is 5.91 Å². The van der Waals surface area contributed by atoms with Gasteiger partial charge in [-0.3, -0.25) is 9.69 Å². The van der Waals surface area contributed by atoms with Gasteiger partial charge in [-0.25, -0.2) is 0 Å². The Morgan fingerprint density at radius 1 is 1.35 bits per heavy atom. The second kappa shape index (κ2) is 5.95. The van der Waals surface area contributed by atoms with Crippen molar-refractivity contribution in [2.75, 3.05) is 0 Å².